The van der Waals surface area contributed by atoms with E-state index in [1.165, 1.54) is 38.5 Å². The second-order valence-corrected chi connectivity index (χ2v) is 6.98. The van der Waals surface area contributed by atoms with Gasteiger partial charge < -0.3 is 10.6 Å². The van der Waals surface area contributed by atoms with Crippen molar-refractivity contribution in [2.45, 2.75) is 70.0 Å². The first kappa shape index (κ1) is 14.3. The highest BCUT2D eigenvalue weighted by molar-refractivity contribution is 5.78. The summed E-state index contributed by atoms with van der Waals surface area (Å²) in [6.07, 6.45) is 8.85. The van der Waals surface area contributed by atoms with Crippen molar-refractivity contribution in [3.8, 4) is 0 Å². The number of piperidine rings is 1. The van der Waals surface area contributed by atoms with Crippen LogP contribution in [-0.2, 0) is 4.79 Å². The number of hydrogen-bond acceptors (Lipinski definition) is 3. The molecular weight excluding hydrogens is 250 g/mol. The molecule has 3 aliphatic rings. The molecular formula is C16H29N3O. The predicted octanol–water partition coefficient (Wildman–Crippen LogP) is 1.51. The Morgan fingerprint density at radius 1 is 1.20 bits per heavy atom. The minimum Gasteiger partial charge on any atom is -0.355 e. The number of carbonyl (C=O) groups is 1. The maximum absolute atomic E-state index is 12.1. The number of carbonyl (C=O) groups excluding carboxylic acids is 1. The third kappa shape index (κ3) is 3.73. The monoisotopic (exact) mass is 279 g/mol. The van der Waals surface area contributed by atoms with Crippen LogP contribution in [0.2, 0.25) is 0 Å². The maximum Gasteiger partial charge on any atom is 0.234 e. The largest absolute Gasteiger partial charge is 0.355 e. The van der Waals surface area contributed by atoms with E-state index >= 15 is 0 Å². The highest BCUT2D eigenvalue weighted by Gasteiger charge is 2.36. The summed E-state index contributed by atoms with van der Waals surface area (Å²) < 4.78 is 0. The molecule has 2 bridgehead atoms. The lowest BCUT2D eigenvalue weighted by atomic mass is 9.98. The van der Waals surface area contributed by atoms with Gasteiger partial charge >= 0.3 is 0 Å². The molecule has 2 saturated heterocycles. The van der Waals surface area contributed by atoms with E-state index in [0.717, 1.165) is 25.4 Å². The van der Waals surface area contributed by atoms with E-state index < -0.39 is 0 Å². The Labute approximate surface area is 122 Å². The van der Waals surface area contributed by atoms with Gasteiger partial charge in [0.05, 0.1) is 6.54 Å². The number of nitrogens with zero attached hydrogens (tertiary/aromatic N) is 1. The van der Waals surface area contributed by atoms with E-state index in [0.29, 0.717) is 24.7 Å². The van der Waals surface area contributed by atoms with Gasteiger partial charge in [-0.2, -0.15) is 0 Å². The van der Waals surface area contributed by atoms with Gasteiger partial charge in [-0.15, -0.1) is 0 Å². The van der Waals surface area contributed by atoms with Crippen molar-refractivity contribution in [3.05, 3.63) is 0 Å². The third-order valence-corrected chi connectivity index (χ3v) is 5.11. The first-order chi connectivity index (χ1) is 9.74. The zero-order valence-electron chi connectivity index (χ0n) is 12.7. The molecule has 1 amide bonds. The van der Waals surface area contributed by atoms with E-state index in [4.69, 9.17) is 0 Å². The zero-order valence-corrected chi connectivity index (χ0v) is 12.7. The lowest BCUT2D eigenvalue weighted by Crippen LogP contribution is -2.51. The number of fused-ring (bicyclic) bond motifs is 2. The molecule has 2 N–H and O–H groups in total. The molecule has 0 radical (unpaired) electrons. The summed E-state index contributed by atoms with van der Waals surface area (Å²) in [6.45, 7) is 4.77. The fraction of sp³-hybridized carbons (Fsp3) is 0.938. The molecule has 114 valence electrons. The molecule has 0 aromatic heterocycles. The Balaban J connectivity index is 1.49. The molecule has 4 heteroatoms. The smallest absolute Gasteiger partial charge is 0.234 e. The lowest BCUT2D eigenvalue weighted by Gasteiger charge is -2.37. The topological polar surface area (TPSA) is 44.4 Å². The Morgan fingerprint density at radius 2 is 1.90 bits per heavy atom. The summed E-state index contributed by atoms with van der Waals surface area (Å²) >= 11 is 0. The number of rotatable bonds is 7. The zero-order chi connectivity index (χ0) is 13.9. The molecule has 2 unspecified atom stereocenters. The summed E-state index contributed by atoms with van der Waals surface area (Å²) in [5, 5.41) is 6.81. The molecule has 2 aliphatic heterocycles. The van der Waals surface area contributed by atoms with Gasteiger partial charge in [0.25, 0.3) is 0 Å². The first-order valence-electron chi connectivity index (χ1n) is 8.51. The Kier molecular flexibility index (Phi) is 4.61. The van der Waals surface area contributed by atoms with Crippen molar-refractivity contribution >= 4 is 5.91 Å². The number of amides is 1. The average Bonchev–Trinajstić information content (AvgIpc) is 3.21. The van der Waals surface area contributed by atoms with E-state index in [1.54, 1.807) is 0 Å². The van der Waals surface area contributed by atoms with Gasteiger partial charge in [0.15, 0.2) is 0 Å². The van der Waals surface area contributed by atoms with Crippen molar-refractivity contribution in [2.24, 2.45) is 5.92 Å². The molecule has 1 saturated carbocycles. The average molecular weight is 279 g/mol. The van der Waals surface area contributed by atoms with Crippen molar-refractivity contribution < 1.29 is 4.79 Å². The third-order valence-electron chi connectivity index (χ3n) is 5.11. The number of nitrogens with one attached hydrogen (secondary N) is 2. The van der Waals surface area contributed by atoms with Gasteiger partial charge in [0.2, 0.25) is 5.91 Å². The van der Waals surface area contributed by atoms with Crippen LogP contribution >= 0.6 is 0 Å². The van der Waals surface area contributed by atoms with Crippen molar-refractivity contribution in [2.75, 3.05) is 19.6 Å². The Hall–Kier alpha value is -0.610. The van der Waals surface area contributed by atoms with Crippen molar-refractivity contribution in [3.63, 3.8) is 0 Å². The quantitative estimate of drug-likeness (QED) is 0.742. The molecule has 20 heavy (non-hydrogen) atoms. The van der Waals surface area contributed by atoms with Crippen molar-refractivity contribution in [1.29, 1.82) is 0 Å². The van der Waals surface area contributed by atoms with Crippen LogP contribution in [0.1, 0.15) is 51.9 Å². The Bertz CT molecular complexity index is 331. The Morgan fingerprint density at radius 3 is 2.50 bits per heavy atom. The van der Waals surface area contributed by atoms with E-state index in [-0.39, 0.29) is 5.91 Å². The maximum atomic E-state index is 12.1. The van der Waals surface area contributed by atoms with Gasteiger partial charge in [-0.1, -0.05) is 6.92 Å². The summed E-state index contributed by atoms with van der Waals surface area (Å²) in [7, 11) is 0. The van der Waals surface area contributed by atoms with Crippen LogP contribution in [0.15, 0.2) is 0 Å². The fourth-order valence-corrected chi connectivity index (χ4v) is 3.82. The summed E-state index contributed by atoms with van der Waals surface area (Å²) in [6, 6.07) is 2.01. The molecule has 3 rings (SSSR count). The van der Waals surface area contributed by atoms with Crippen LogP contribution < -0.4 is 10.6 Å². The normalized spacial score (nSPS) is 32.6. The molecule has 0 aromatic carbocycles. The minimum atomic E-state index is 0.233. The fourth-order valence-electron chi connectivity index (χ4n) is 3.82. The van der Waals surface area contributed by atoms with Gasteiger partial charge in [0, 0.05) is 24.7 Å². The molecule has 0 aromatic rings. The van der Waals surface area contributed by atoms with Gasteiger partial charge in [-0.3, -0.25) is 9.69 Å². The predicted molar refractivity (Wildman–Crippen MR) is 80.6 cm³/mol. The molecule has 2 atom stereocenters. The SMILES string of the molecule is CCCN(CC(=O)NCC1CC1)C1CC2CCC(C1)N2. The van der Waals surface area contributed by atoms with E-state index in [1.807, 2.05) is 0 Å². The minimum absolute atomic E-state index is 0.233. The van der Waals surface area contributed by atoms with Crippen LogP contribution in [0.4, 0.5) is 0 Å². The van der Waals surface area contributed by atoms with Crippen LogP contribution in [-0.4, -0.2) is 48.6 Å². The molecule has 3 fully saturated rings. The summed E-state index contributed by atoms with van der Waals surface area (Å²) in [5.41, 5.74) is 0. The summed E-state index contributed by atoms with van der Waals surface area (Å²) in [4.78, 5) is 14.6. The van der Waals surface area contributed by atoms with Gasteiger partial charge in [-0.05, 0) is 57.4 Å². The first-order valence-corrected chi connectivity index (χ1v) is 8.51. The molecule has 1 aliphatic carbocycles. The van der Waals surface area contributed by atoms with Crippen LogP contribution in [0.5, 0.6) is 0 Å². The summed E-state index contributed by atoms with van der Waals surface area (Å²) in [5.74, 6) is 1.00. The number of hydrogen-bond donors (Lipinski definition) is 2. The highest BCUT2D eigenvalue weighted by atomic mass is 16.2. The second-order valence-electron chi connectivity index (χ2n) is 6.98. The molecule has 2 heterocycles. The molecule has 0 spiro atoms. The van der Waals surface area contributed by atoms with Gasteiger partial charge in [-0.25, -0.2) is 0 Å². The van der Waals surface area contributed by atoms with Crippen LogP contribution in [0.3, 0.4) is 0 Å². The van der Waals surface area contributed by atoms with Crippen molar-refractivity contribution in [1.82, 2.24) is 15.5 Å². The van der Waals surface area contributed by atoms with E-state index in [9.17, 15) is 4.79 Å². The van der Waals surface area contributed by atoms with Crippen LogP contribution in [0.25, 0.3) is 0 Å². The lowest BCUT2D eigenvalue weighted by molar-refractivity contribution is -0.123. The van der Waals surface area contributed by atoms with Gasteiger partial charge in [0.1, 0.15) is 0 Å². The second kappa shape index (κ2) is 6.44. The highest BCUT2D eigenvalue weighted by Crippen LogP contribution is 2.30. The molecule has 4 nitrogen and oxygen atoms in total. The standard InChI is InChI=1S/C16H29N3O/c1-2-7-19(11-16(20)17-10-12-3-4-12)15-8-13-5-6-14(9-15)18-13/h12-15,18H,2-11H2,1H3,(H,17,20). The van der Waals surface area contributed by atoms with E-state index in [2.05, 4.69) is 22.5 Å². The van der Waals surface area contributed by atoms with Crippen LogP contribution in [0, 0.1) is 5.92 Å².